The van der Waals surface area contributed by atoms with Crippen molar-refractivity contribution >= 4 is 61.2 Å². The highest BCUT2D eigenvalue weighted by atomic mass is 31.2. The Morgan fingerprint density at radius 2 is 1.43 bits per heavy atom. The van der Waals surface area contributed by atoms with Crippen LogP contribution in [-0.2, 0) is 75.7 Å². The van der Waals surface area contributed by atoms with E-state index in [-0.39, 0.29) is 19.3 Å². The number of phosphoric ester groups is 1. The van der Waals surface area contributed by atoms with Crippen molar-refractivity contribution in [3.8, 4) is 0 Å². The Hall–Kier alpha value is -6.30. The van der Waals surface area contributed by atoms with Gasteiger partial charge in [-0.15, -0.1) is 0 Å². The first-order valence-electron chi connectivity index (χ1n) is 23.1. The lowest BCUT2D eigenvalue weighted by Crippen LogP contribution is -2.66. The summed E-state index contributed by atoms with van der Waals surface area (Å²) in [6.07, 6.45) is -18.5. The first kappa shape index (κ1) is 64.0. The molecule has 76 heavy (non-hydrogen) atoms. The number of H-pyrrole nitrogens is 1. The molecule has 0 bridgehead atoms. The number of hydrogen-bond acceptors (Lipinski definition) is 23. The molecule has 3 rings (SSSR count). The van der Waals surface area contributed by atoms with Crippen molar-refractivity contribution in [1.82, 2.24) is 36.1 Å². The van der Waals surface area contributed by atoms with Gasteiger partial charge in [-0.2, -0.15) is 0 Å². The number of nitrogens with zero attached hydrogens (tertiary/aromatic N) is 1. The molecule has 0 aliphatic carbocycles. The molecule has 5 amide bonds. The number of phosphoric acid groups is 1. The molecule has 2 saturated heterocycles. The number of rotatable bonds is 29. The Bertz CT molecular complexity index is 2420. The van der Waals surface area contributed by atoms with E-state index in [1.165, 1.54) is 0 Å². The normalized spacial score (nSPS) is 25.9. The number of hydrogen-bond donors (Lipinski definition) is 15. The molecule has 0 saturated carbocycles. The van der Waals surface area contributed by atoms with Crippen LogP contribution in [0.3, 0.4) is 0 Å². The number of nitrogens with one attached hydrogen (secondary N) is 6. The van der Waals surface area contributed by atoms with Crippen LogP contribution in [0.4, 0.5) is 0 Å². The fraction of sp³-hybridized carbons (Fsp3) is 0.683. The zero-order valence-electron chi connectivity index (χ0n) is 41.2. The fourth-order valence-electron chi connectivity index (χ4n) is 7.19. The van der Waals surface area contributed by atoms with Crippen molar-refractivity contribution in [1.29, 1.82) is 0 Å². The minimum absolute atomic E-state index is 0.0532. The highest BCUT2D eigenvalue weighted by molar-refractivity contribution is 7.47. The van der Waals surface area contributed by atoms with Gasteiger partial charge in [0.25, 0.3) is 5.56 Å². The zero-order chi connectivity index (χ0) is 57.5. The number of ether oxygens (including phenoxy) is 4. The van der Waals surface area contributed by atoms with Crippen LogP contribution in [0.2, 0.25) is 0 Å². The van der Waals surface area contributed by atoms with E-state index >= 15 is 0 Å². The monoisotopic (exact) mass is 1110 g/mol. The highest BCUT2D eigenvalue weighted by Gasteiger charge is 2.51. The van der Waals surface area contributed by atoms with Crippen molar-refractivity contribution in [3.63, 3.8) is 0 Å². The maximum atomic E-state index is 13.4. The number of carbonyl (C=O) groups is 9. The standard InChI is InChI=1S/C41H63N8O26P/c1-15(32(57)47-22(38(64)65)9-10-25(52)46-21(8-6-7-20(42)37(62)63)34(59)44-16(2)39(66)72-18(4)36(60)61)43-33(58)17(3)71-31-27(45-19(5)51)40(74-23(13-50)29(31)55)75-76(68,69)70-14-24-28(54)30(56)35(73-24)49-12-11-26(53)48-41(49)67/h11-12,15-18,20-24,27-31,35,40,50,54-56H,6-10,13-14,42H2,1-5H3,(H,43,58)(H,44,59)(H,45,51)(H,46,52)(H,47,57)(H,60,61)(H,62,63)(H,64,65)(H,68,69)(H,48,53,67)/t15-,16+,17?,18+,20-,21+,22+,23+,24+,27+,28+,29+,30+,31+,35+,40-/m0/s1. The van der Waals surface area contributed by atoms with E-state index in [1.54, 1.807) is 0 Å². The lowest BCUT2D eigenvalue weighted by atomic mass is 9.96. The van der Waals surface area contributed by atoms with Crippen LogP contribution in [-0.4, -0.2) is 208 Å². The second kappa shape index (κ2) is 28.7. The number of aromatic nitrogens is 2. The maximum absolute atomic E-state index is 13.4. The van der Waals surface area contributed by atoms with Gasteiger partial charge < -0.3 is 91.9 Å². The molecule has 2 aliphatic rings. The summed E-state index contributed by atoms with van der Waals surface area (Å²) < 4.78 is 45.5. The molecule has 2 fully saturated rings. The minimum atomic E-state index is -5.42. The highest BCUT2D eigenvalue weighted by Crippen LogP contribution is 2.47. The average molecular weight is 1110 g/mol. The van der Waals surface area contributed by atoms with Crippen molar-refractivity contribution in [3.05, 3.63) is 33.1 Å². The van der Waals surface area contributed by atoms with Crippen LogP contribution in [0, 0.1) is 0 Å². The van der Waals surface area contributed by atoms with Crippen molar-refractivity contribution < 1.29 is 116 Å². The number of carbonyl (C=O) groups excluding carboxylic acids is 6. The van der Waals surface area contributed by atoms with Gasteiger partial charge in [0.2, 0.25) is 29.5 Å². The molecular formula is C41H63N8O26P. The van der Waals surface area contributed by atoms with Gasteiger partial charge in [-0.3, -0.25) is 52.2 Å². The van der Waals surface area contributed by atoms with E-state index in [1.807, 2.05) is 4.98 Å². The van der Waals surface area contributed by atoms with E-state index < -0.39 is 196 Å². The van der Waals surface area contributed by atoms with E-state index in [9.17, 15) is 87.7 Å². The van der Waals surface area contributed by atoms with Crippen molar-refractivity contribution in [2.45, 2.75) is 164 Å². The number of aromatic amines is 1. The second-order valence-electron chi connectivity index (χ2n) is 17.4. The Balaban J connectivity index is 1.66. The molecule has 1 aromatic heterocycles. The smallest absolute Gasteiger partial charge is 0.474 e. The third kappa shape index (κ3) is 18.8. The van der Waals surface area contributed by atoms with Gasteiger partial charge in [-0.05, 0) is 53.4 Å². The quantitative estimate of drug-likeness (QED) is 0.0262. The van der Waals surface area contributed by atoms with E-state index in [0.29, 0.717) is 0 Å². The van der Waals surface area contributed by atoms with Crippen LogP contribution < -0.4 is 43.6 Å². The Morgan fingerprint density at radius 3 is 2.01 bits per heavy atom. The van der Waals surface area contributed by atoms with Crippen LogP contribution in [0.1, 0.15) is 73.0 Å². The third-order valence-electron chi connectivity index (χ3n) is 11.4. The third-order valence-corrected chi connectivity index (χ3v) is 12.4. The Kier molecular flexibility index (Phi) is 24.2. The molecule has 17 atom stereocenters. The lowest BCUT2D eigenvalue weighted by Gasteiger charge is -2.44. The number of aliphatic hydroxyl groups is 4. The number of amides is 5. The molecule has 0 spiro atoms. The molecule has 1 aromatic rings. The van der Waals surface area contributed by atoms with Crippen LogP contribution in [0.15, 0.2) is 21.9 Å². The van der Waals surface area contributed by atoms with Gasteiger partial charge >= 0.3 is 37.4 Å². The van der Waals surface area contributed by atoms with E-state index in [0.717, 1.165) is 51.4 Å². The number of aliphatic carboxylic acids is 3. The minimum Gasteiger partial charge on any atom is -0.480 e. The summed E-state index contributed by atoms with van der Waals surface area (Å²) in [6, 6.07) is -8.49. The van der Waals surface area contributed by atoms with Crippen molar-refractivity contribution in [2.75, 3.05) is 13.2 Å². The van der Waals surface area contributed by atoms with Gasteiger partial charge in [-0.25, -0.2) is 23.7 Å². The lowest BCUT2D eigenvalue weighted by molar-refractivity contribution is -0.261. The first-order chi connectivity index (χ1) is 35.4. The van der Waals surface area contributed by atoms with E-state index in [2.05, 4.69) is 26.6 Å². The second-order valence-corrected chi connectivity index (χ2v) is 18.8. The van der Waals surface area contributed by atoms with E-state index in [4.69, 9.17) is 43.9 Å². The molecule has 34 nitrogen and oxygen atoms in total. The topological polar surface area (TPSA) is 529 Å². The molecule has 428 valence electrons. The summed E-state index contributed by atoms with van der Waals surface area (Å²) in [5, 5.41) is 81.4. The summed E-state index contributed by atoms with van der Waals surface area (Å²) in [5.41, 5.74) is 3.71. The number of esters is 1. The maximum Gasteiger partial charge on any atom is 0.474 e. The largest absolute Gasteiger partial charge is 0.480 e. The summed E-state index contributed by atoms with van der Waals surface area (Å²) in [4.78, 5) is 148. The molecular weight excluding hydrogens is 1050 g/mol. The summed E-state index contributed by atoms with van der Waals surface area (Å²) in [6.45, 7) is 3.35. The summed E-state index contributed by atoms with van der Waals surface area (Å²) in [5.74, 6) is -10.7. The molecule has 0 aromatic carbocycles. The predicted molar refractivity (Wildman–Crippen MR) is 246 cm³/mol. The molecule has 2 unspecified atom stereocenters. The molecule has 35 heteroatoms. The van der Waals surface area contributed by atoms with Gasteiger partial charge in [0.15, 0.2) is 18.6 Å². The van der Waals surface area contributed by atoms with Gasteiger partial charge in [0.05, 0.1) is 13.2 Å². The van der Waals surface area contributed by atoms with Crippen LogP contribution in [0.5, 0.6) is 0 Å². The summed E-state index contributed by atoms with van der Waals surface area (Å²) in [7, 11) is -5.42. The number of nitrogens with two attached hydrogens (primary N) is 1. The van der Waals surface area contributed by atoms with Gasteiger partial charge in [0.1, 0.15) is 79.0 Å². The predicted octanol–water partition coefficient (Wildman–Crippen LogP) is -6.91. The van der Waals surface area contributed by atoms with Crippen molar-refractivity contribution in [2.24, 2.45) is 5.73 Å². The Labute approximate surface area is 429 Å². The Morgan fingerprint density at radius 1 is 0.789 bits per heavy atom. The summed E-state index contributed by atoms with van der Waals surface area (Å²) >= 11 is 0. The van der Waals surface area contributed by atoms with Gasteiger partial charge in [-0.1, -0.05) is 0 Å². The average Bonchev–Trinajstić information content (AvgIpc) is 3.61. The fourth-order valence-corrected chi connectivity index (χ4v) is 8.02. The molecule has 3 heterocycles. The number of aliphatic hydroxyl groups excluding tert-OH is 4. The number of carboxylic acids is 3. The first-order valence-corrected chi connectivity index (χ1v) is 24.6. The van der Waals surface area contributed by atoms with Crippen LogP contribution >= 0.6 is 7.82 Å². The molecule has 2 aliphatic heterocycles. The molecule has 0 radical (unpaired) electrons. The van der Waals surface area contributed by atoms with Crippen LogP contribution in [0.25, 0.3) is 0 Å². The van der Waals surface area contributed by atoms with Gasteiger partial charge in [0, 0.05) is 25.6 Å². The zero-order valence-corrected chi connectivity index (χ0v) is 42.1. The molecule has 16 N–H and O–H groups in total. The SMILES string of the molecule is CC(=O)N[C@H]1[C@H](OP(=O)(O)OC[C@H]2O[C@@H](n3ccc(=O)[nH]c3=O)[C@H](O)[C@@H]2O)O[C@H](CO)[C@@H](O)[C@@H]1OC(C)C(=O)N[C@@H](C)C(=O)N[C@H](CCC(=O)N[C@H](CCC[C@H](N)C(=O)O)C(=O)N[C@H](C)C(=O)O[C@H](C)C(=O)O)C(=O)O. The number of carboxylic acid groups (broad SMARTS) is 3.